The van der Waals surface area contributed by atoms with Crippen LogP contribution in [-0.2, 0) is 9.47 Å². The van der Waals surface area contributed by atoms with Crippen molar-refractivity contribution in [3.8, 4) is 0 Å². The number of rotatable bonds is 6. The van der Waals surface area contributed by atoms with Crippen LogP contribution < -0.4 is 0 Å². The zero-order valence-electron chi connectivity index (χ0n) is 9.73. The van der Waals surface area contributed by atoms with E-state index in [1.807, 2.05) is 6.92 Å². The second-order valence-corrected chi connectivity index (χ2v) is 5.16. The molecule has 1 saturated heterocycles. The minimum Gasteiger partial charge on any atom is -0.394 e. The normalized spacial score (nSPS) is 38.3. The predicted molar refractivity (Wildman–Crippen MR) is 62.7 cm³/mol. The molecule has 1 heterocycles. The van der Waals surface area contributed by atoms with Gasteiger partial charge < -0.3 is 29.9 Å². The molecule has 5 atom stereocenters. The van der Waals surface area contributed by atoms with Crippen molar-refractivity contribution in [1.29, 1.82) is 0 Å². The quantitative estimate of drug-likeness (QED) is 0.438. The van der Waals surface area contributed by atoms with Gasteiger partial charge in [0.15, 0.2) is 6.29 Å². The molecule has 17 heavy (non-hydrogen) atoms. The Morgan fingerprint density at radius 2 is 1.88 bits per heavy atom. The van der Waals surface area contributed by atoms with Crippen LogP contribution in [0.25, 0.3) is 0 Å². The molecular weight excluding hydrogens is 248 g/mol. The molecular formula is C10H20O6S. The molecule has 0 aromatic rings. The Labute approximate surface area is 105 Å². The standard InChI is InChI=1S/C10H20O6S/c1-2-17-4-3-15-10-9(14)8(13)7(12)6(5-11)16-10/h6-14H,2-5H2,1H3/t6?,7-,8?,9?,10-/m1/s1. The van der Waals surface area contributed by atoms with Crippen LogP contribution in [-0.4, -0.2) is 75.9 Å². The molecule has 0 amide bonds. The van der Waals surface area contributed by atoms with Gasteiger partial charge in [-0.2, -0.15) is 11.8 Å². The van der Waals surface area contributed by atoms with Crippen molar-refractivity contribution in [3.63, 3.8) is 0 Å². The smallest absolute Gasteiger partial charge is 0.186 e. The largest absolute Gasteiger partial charge is 0.394 e. The second kappa shape index (κ2) is 7.52. The number of ether oxygens (including phenoxy) is 2. The van der Waals surface area contributed by atoms with E-state index in [0.29, 0.717) is 6.61 Å². The number of aliphatic hydroxyl groups is 4. The molecule has 3 unspecified atom stereocenters. The van der Waals surface area contributed by atoms with Crippen molar-refractivity contribution in [1.82, 2.24) is 0 Å². The van der Waals surface area contributed by atoms with Gasteiger partial charge in [-0.3, -0.25) is 0 Å². The molecule has 0 spiro atoms. The first kappa shape index (κ1) is 15.2. The monoisotopic (exact) mass is 268 g/mol. The van der Waals surface area contributed by atoms with Crippen LogP contribution in [0.3, 0.4) is 0 Å². The fraction of sp³-hybridized carbons (Fsp3) is 1.00. The Morgan fingerprint density at radius 1 is 1.18 bits per heavy atom. The SMILES string of the molecule is CCSCCO[C@@H]1OC(CO)[C@@H](O)C(O)C1O. The molecule has 0 aromatic carbocycles. The molecule has 1 rings (SSSR count). The number of thioether (sulfide) groups is 1. The summed E-state index contributed by atoms with van der Waals surface area (Å²) in [4.78, 5) is 0. The zero-order chi connectivity index (χ0) is 12.8. The molecule has 0 radical (unpaired) electrons. The number of hydrogen-bond donors (Lipinski definition) is 4. The van der Waals surface area contributed by atoms with E-state index in [9.17, 15) is 15.3 Å². The van der Waals surface area contributed by atoms with Crippen LogP contribution >= 0.6 is 11.8 Å². The maximum absolute atomic E-state index is 9.63. The Morgan fingerprint density at radius 3 is 2.47 bits per heavy atom. The third kappa shape index (κ3) is 4.06. The van der Waals surface area contributed by atoms with E-state index in [1.54, 1.807) is 11.8 Å². The first-order valence-corrected chi connectivity index (χ1v) is 6.77. The van der Waals surface area contributed by atoms with Gasteiger partial charge in [-0.15, -0.1) is 0 Å². The van der Waals surface area contributed by atoms with E-state index in [0.717, 1.165) is 11.5 Å². The maximum atomic E-state index is 9.63. The summed E-state index contributed by atoms with van der Waals surface area (Å²) in [6.07, 6.45) is -5.93. The van der Waals surface area contributed by atoms with Gasteiger partial charge in [0.2, 0.25) is 0 Å². The van der Waals surface area contributed by atoms with Crippen molar-refractivity contribution >= 4 is 11.8 Å². The Kier molecular flexibility index (Phi) is 6.71. The van der Waals surface area contributed by atoms with E-state index in [1.165, 1.54) is 0 Å². The van der Waals surface area contributed by atoms with Crippen LogP contribution in [0.1, 0.15) is 6.92 Å². The first-order valence-electron chi connectivity index (χ1n) is 5.61. The minimum atomic E-state index is -1.37. The van der Waals surface area contributed by atoms with Gasteiger partial charge in [0.25, 0.3) is 0 Å². The molecule has 4 N–H and O–H groups in total. The van der Waals surface area contributed by atoms with Gasteiger partial charge in [0.05, 0.1) is 13.2 Å². The summed E-state index contributed by atoms with van der Waals surface area (Å²) in [6, 6.07) is 0. The average molecular weight is 268 g/mol. The summed E-state index contributed by atoms with van der Waals surface area (Å²) in [5.74, 6) is 1.73. The molecule has 0 aliphatic carbocycles. The second-order valence-electron chi connectivity index (χ2n) is 3.76. The van der Waals surface area contributed by atoms with E-state index in [-0.39, 0.29) is 0 Å². The van der Waals surface area contributed by atoms with Crippen LogP contribution in [0.2, 0.25) is 0 Å². The van der Waals surface area contributed by atoms with Crippen LogP contribution in [0.15, 0.2) is 0 Å². The van der Waals surface area contributed by atoms with Crippen molar-refractivity contribution in [2.45, 2.75) is 37.6 Å². The number of aliphatic hydroxyl groups excluding tert-OH is 4. The molecule has 1 fully saturated rings. The third-order valence-corrected chi connectivity index (χ3v) is 3.43. The maximum Gasteiger partial charge on any atom is 0.186 e. The Balaban J connectivity index is 2.42. The zero-order valence-corrected chi connectivity index (χ0v) is 10.5. The molecule has 6 nitrogen and oxygen atoms in total. The van der Waals surface area contributed by atoms with Crippen molar-refractivity contribution < 1.29 is 29.9 Å². The minimum absolute atomic E-state index is 0.376. The fourth-order valence-corrected chi connectivity index (χ4v) is 2.08. The topological polar surface area (TPSA) is 99.4 Å². The highest BCUT2D eigenvalue weighted by atomic mass is 32.2. The van der Waals surface area contributed by atoms with Gasteiger partial charge >= 0.3 is 0 Å². The Hall–Kier alpha value is 0.110. The van der Waals surface area contributed by atoms with Crippen LogP contribution in [0.5, 0.6) is 0 Å². The van der Waals surface area contributed by atoms with Crippen molar-refractivity contribution in [3.05, 3.63) is 0 Å². The van der Waals surface area contributed by atoms with Gasteiger partial charge in [0, 0.05) is 5.75 Å². The molecule has 0 bridgehead atoms. The number of hydrogen-bond acceptors (Lipinski definition) is 7. The lowest BCUT2D eigenvalue weighted by Gasteiger charge is -2.39. The van der Waals surface area contributed by atoms with E-state index < -0.39 is 37.3 Å². The molecule has 1 aliphatic heterocycles. The van der Waals surface area contributed by atoms with E-state index in [2.05, 4.69) is 0 Å². The highest BCUT2D eigenvalue weighted by Gasteiger charge is 2.43. The lowest BCUT2D eigenvalue weighted by atomic mass is 9.99. The Bertz CT molecular complexity index is 215. The summed E-state index contributed by atoms with van der Waals surface area (Å²) in [6.45, 7) is 1.97. The van der Waals surface area contributed by atoms with Crippen molar-refractivity contribution in [2.24, 2.45) is 0 Å². The van der Waals surface area contributed by atoms with E-state index >= 15 is 0 Å². The lowest BCUT2D eigenvalue weighted by Crippen LogP contribution is -2.59. The molecule has 1 aliphatic rings. The van der Waals surface area contributed by atoms with E-state index in [4.69, 9.17) is 14.6 Å². The molecule has 0 aromatic heterocycles. The fourth-order valence-electron chi connectivity index (χ4n) is 1.57. The predicted octanol–water partition coefficient (Wildman–Crippen LogP) is -1.44. The molecule has 7 heteroatoms. The van der Waals surface area contributed by atoms with Crippen LogP contribution in [0.4, 0.5) is 0 Å². The van der Waals surface area contributed by atoms with Gasteiger partial charge in [-0.05, 0) is 5.75 Å². The summed E-state index contributed by atoms with van der Waals surface area (Å²) in [5.41, 5.74) is 0. The third-order valence-electron chi connectivity index (χ3n) is 2.56. The van der Waals surface area contributed by atoms with Crippen LogP contribution in [0, 0.1) is 0 Å². The van der Waals surface area contributed by atoms with Gasteiger partial charge in [-0.1, -0.05) is 6.92 Å². The van der Waals surface area contributed by atoms with Gasteiger partial charge in [0.1, 0.15) is 24.4 Å². The summed E-state index contributed by atoms with van der Waals surface area (Å²) in [7, 11) is 0. The summed E-state index contributed by atoms with van der Waals surface area (Å²) >= 11 is 1.68. The highest BCUT2D eigenvalue weighted by Crippen LogP contribution is 2.21. The first-order chi connectivity index (χ1) is 8.11. The highest BCUT2D eigenvalue weighted by molar-refractivity contribution is 7.99. The molecule has 0 saturated carbocycles. The van der Waals surface area contributed by atoms with Crippen molar-refractivity contribution in [2.75, 3.05) is 24.7 Å². The lowest BCUT2D eigenvalue weighted by molar-refractivity contribution is -0.299. The summed E-state index contributed by atoms with van der Waals surface area (Å²) < 4.78 is 10.4. The average Bonchev–Trinajstić information content (AvgIpc) is 2.34. The summed E-state index contributed by atoms with van der Waals surface area (Å²) in [5, 5.41) is 37.6. The molecule has 102 valence electrons. The van der Waals surface area contributed by atoms with Gasteiger partial charge in [-0.25, -0.2) is 0 Å².